The predicted molar refractivity (Wildman–Crippen MR) is 167 cm³/mol. The van der Waals surface area contributed by atoms with Gasteiger partial charge in [0.2, 0.25) is 11.8 Å². The Morgan fingerprint density at radius 2 is 1.73 bits per heavy atom. The predicted octanol–water partition coefficient (Wildman–Crippen LogP) is 6.52. The number of piperazine rings is 1. The van der Waals surface area contributed by atoms with Gasteiger partial charge < -0.3 is 14.5 Å². The molecule has 1 saturated carbocycles. The summed E-state index contributed by atoms with van der Waals surface area (Å²) in [5.74, 6) is 2.42. The maximum atomic E-state index is 6.34. The molecule has 0 amide bonds. The molecule has 3 heterocycles. The summed E-state index contributed by atoms with van der Waals surface area (Å²) >= 11 is 1.44. The number of nitrogens with zero attached hydrogens (tertiary/aromatic N) is 6. The Hall–Kier alpha value is -3.56. The summed E-state index contributed by atoms with van der Waals surface area (Å²) in [5.41, 5.74) is 4.92. The van der Waals surface area contributed by atoms with E-state index < -0.39 is 0 Å². The largest absolute Gasteiger partial charge is 0.439 e. The number of anilines is 2. The fraction of sp³-hybridized carbons (Fsp3) is 0.406. The van der Waals surface area contributed by atoms with Gasteiger partial charge in [-0.15, -0.1) is 0 Å². The smallest absolute Gasteiger partial charge is 0.237 e. The Bertz CT molecular complexity index is 1470. The first kappa shape index (κ1) is 27.6. The molecule has 9 heteroatoms. The lowest BCUT2D eigenvalue weighted by Crippen LogP contribution is -2.44. The van der Waals surface area contributed by atoms with Gasteiger partial charge in [0.25, 0.3) is 0 Å². The van der Waals surface area contributed by atoms with E-state index >= 15 is 0 Å². The minimum Gasteiger partial charge on any atom is -0.439 e. The molecule has 214 valence electrons. The highest BCUT2D eigenvalue weighted by Gasteiger charge is 2.45. The summed E-state index contributed by atoms with van der Waals surface area (Å²) in [5, 5.41) is 4.26. The third-order valence-corrected chi connectivity index (χ3v) is 9.26. The molecule has 0 unspecified atom stereocenters. The van der Waals surface area contributed by atoms with Gasteiger partial charge >= 0.3 is 0 Å². The van der Waals surface area contributed by atoms with Crippen LogP contribution < -0.4 is 14.4 Å². The van der Waals surface area contributed by atoms with Crippen molar-refractivity contribution in [3.05, 3.63) is 72.6 Å². The van der Waals surface area contributed by atoms with Crippen molar-refractivity contribution in [2.45, 2.75) is 38.0 Å². The number of likely N-dealkylation sites (N-methyl/N-ethyl adjacent to an activating group) is 1. The quantitative estimate of drug-likeness (QED) is 0.217. The molecule has 4 aromatic rings. The highest BCUT2D eigenvalue weighted by Crippen LogP contribution is 2.54. The van der Waals surface area contributed by atoms with E-state index in [2.05, 4.69) is 76.9 Å². The van der Waals surface area contributed by atoms with Crippen molar-refractivity contribution in [1.29, 1.82) is 0 Å². The molecule has 0 radical (unpaired) electrons. The van der Waals surface area contributed by atoms with Crippen LogP contribution in [0.15, 0.2) is 71.9 Å². The molecule has 0 spiro atoms. The van der Waals surface area contributed by atoms with Gasteiger partial charge in [0.1, 0.15) is 5.75 Å². The first-order valence-corrected chi connectivity index (χ1v) is 15.3. The third-order valence-electron chi connectivity index (χ3n) is 8.52. The van der Waals surface area contributed by atoms with Gasteiger partial charge in [-0.2, -0.15) is 10.1 Å². The van der Waals surface area contributed by atoms with Crippen LogP contribution in [0.3, 0.4) is 0 Å². The molecule has 2 fully saturated rings. The number of nitrogens with one attached hydrogen (secondary N) is 1. The number of aromatic nitrogens is 4. The van der Waals surface area contributed by atoms with Gasteiger partial charge in [-0.25, -0.2) is 4.98 Å². The minimum absolute atomic E-state index is 0.394. The summed E-state index contributed by atoms with van der Waals surface area (Å²) in [7, 11) is 4.08. The highest BCUT2D eigenvalue weighted by molar-refractivity contribution is 8.00. The summed E-state index contributed by atoms with van der Waals surface area (Å²) in [6, 6.07) is 18.9. The van der Waals surface area contributed by atoms with E-state index in [1.165, 1.54) is 36.0 Å². The van der Waals surface area contributed by atoms with Crippen LogP contribution in [0.2, 0.25) is 0 Å². The lowest BCUT2D eigenvalue weighted by atomic mass is 9.84. The molecular formula is C32H39N7OS. The molecule has 1 N–H and O–H groups in total. The Morgan fingerprint density at radius 3 is 2.41 bits per heavy atom. The Kier molecular flexibility index (Phi) is 7.90. The average molecular weight is 570 g/mol. The number of aryl methyl sites for hydroxylation is 1. The molecule has 1 saturated heterocycles. The molecule has 2 aromatic carbocycles. The van der Waals surface area contributed by atoms with Crippen molar-refractivity contribution in [2.75, 3.05) is 42.8 Å². The second kappa shape index (κ2) is 11.7. The fourth-order valence-electron chi connectivity index (χ4n) is 5.55. The molecule has 41 heavy (non-hydrogen) atoms. The number of hydrogen-bond donors (Lipinski definition) is 1. The van der Waals surface area contributed by atoms with Gasteiger partial charge in [-0.3, -0.25) is 9.40 Å². The number of rotatable bonds is 10. The van der Waals surface area contributed by atoms with Crippen molar-refractivity contribution in [2.24, 2.45) is 18.4 Å². The molecule has 2 aliphatic rings. The van der Waals surface area contributed by atoms with E-state index in [9.17, 15) is 0 Å². The van der Waals surface area contributed by atoms with Crippen molar-refractivity contribution < 1.29 is 4.74 Å². The monoisotopic (exact) mass is 569 g/mol. The Balaban J connectivity index is 1.27. The first-order chi connectivity index (χ1) is 19.9. The third kappa shape index (κ3) is 6.52. The Morgan fingerprint density at radius 1 is 0.976 bits per heavy atom. The molecule has 2 aromatic heterocycles. The minimum atomic E-state index is 0.394. The summed E-state index contributed by atoms with van der Waals surface area (Å²) in [6.45, 7) is 8.92. The van der Waals surface area contributed by atoms with Gasteiger partial charge in [-0.1, -0.05) is 38.1 Å². The van der Waals surface area contributed by atoms with Crippen LogP contribution in [0, 0.1) is 11.3 Å². The molecule has 6 rings (SSSR count). The van der Waals surface area contributed by atoms with Crippen molar-refractivity contribution in [3.8, 4) is 22.9 Å². The Labute approximate surface area is 247 Å². The van der Waals surface area contributed by atoms with E-state index in [4.69, 9.17) is 14.7 Å². The van der Waals surface area contributed by atoms with Crippen LogP contribution in [0.1, 0.15) is 32.3 Å². The number of benzene rings is 2. The van der Waals surface area contributed by atoms with Gasteiger partial charge in [0, 0.05) is 56.7 Å². The molecule has 1 aliphatic heterocycles. The maximum absolute atomic E-state index is 6.34. The van der Waals surface area contributed by atoms with Gasteiger partial charge in [0.15, 0.2) is 0 Å². The molecule has 0 bridgehead atoms. The molecule has 1 aliphatic carbocycles. The number of ether oxygens (including phenoxy) is 1. The molecule has 8 nitrogen and oxygen atoms in total. The standard InChI is InChI=1S/C32H39N7OS/c1-23(2)32(13-14-32)20-24-7-5-6-8-28(24)29-19-30(35-31(34-29)36-41-27-21-33-38(4)22-27)40-26-11-9-25(10-12-26)39-17-15-37(3)16-18-39/h5-12,19,21-23H,13-18,20H2,1-4H3,(H,34,35,36). The van der Waals surface area contributed by atoms with Crippen LogP contribution in [-0.2, 0) is 13.5 Å². The normalized spacial score (nSPS) is 16.7. The topological polar surface area (TPSA) is 71.3 Å². The van der Waals surface area contributed by atoms with E-state index in [-0.39, 0.29) is 0 Å². The summed E-state index contributed by atoms with van der Waals surface area (Å²) in [6.07, 6.45) is 7.40. The maximum Gasteiger partial charge on any atom is 0.237 e. The summed E-state index contributed by atoms with van der Waals surface area (Å²) in [4.78, 5) is 15.4. The van der Waals surface area contributed by atoms with Crippen LogP contribution in [0.4, 0.5) is 11.6 Å². The van der Waals surface area contributed by atoms with Gasteiger partial charge in [-0.05, 0) is 79.4 Å². The molecular weight excluding hydrogens is 530 g/mol. The van der Waals surface area contributed by atoms with Crippen molar-refractivity contribution >= 4 is 23.6 Å². The lowest BCUT2D eigenvalue weighted by Gasteiger charge is -2.34. The fourth-order valence-corrected chi connectivity index (χ4v) is 6.16. The van der Waals surface area contributed by atoms with E-state index in [1.807, 2.05) is 37.6 Å². The zero-order valence-corrected chi connectivity index (χ0v) is 25.2. The van der Waals surface area contributed by atoms with E-state index in [0.717, 1.165) is 54.5 Å². The van der Waals surface area contributed by atoms with Crippen LogP contribution in [0.5, 0.6) is 11.6 Å². The van der Waals surface area contributed by atoms with E-state index in [1.54, 1.807) is 4.68 Å². The lowest BCUT2D eigenvalue weighted by molar-refractivity contribution is 0.313. The second-order valence-corrected chi connectivity index (χ2v) is 12.6. The summed E-state index contributed by atoms with van der Waals surface area (Å²) < 4.78 is 11.4. The van der Waals surface area contributed by atoms with Crippen molar-refractivity contribution in [1.82, 2.24) is 24.6 Å². The second-order valence-electron chi connectivity index (χ2n) is 11.7. The number of hydrogen-bond acceptors (Lipinski definition) is 8. The van der Waals surface area contributed by atoms with Crippen molar-refractivity contribution in [3.63, 3.8) is 0 Å². The highest BCUT2D eigenvalue weighted by atomic mass is 32.2. The zero-order valence-electron chi connectivity index (χ0n) is 24.4. The van der Waals surface area contributed by atoms with E-state index in [0.29, 0.717) is 23.2 Å². The molecule has 0 atom stereocenters. The van der Waals surface area contributed by atoms with Crippen LogP contribution in [0.25, 0.3) is 11.3 Å². The van der Waals surface area contributed by atoms with Crippen LogP contribution >= 0.6 is 11.9 Å². The SMILES string of the molecule is CC(C)C1(Cc2ccccc2-c2cc(Oc3ccc(N4CCN(C)CC4)cc3)nc(NSc3cnn(C)c3)n2)CC1. The van der Waals surface area contributed by atoms with Crippen LogP contribution in [-0.4, -0.2) is 57.9 Å². The first-order valence-electron chi connectivity index (χ1n) is 14.5. The average Bonchev–Trinajstić information content (AvgIpc) is 3.65. The van der Waals surface area contributed by atoms with Gasteiger partial charge in [0.05, 0.1) is 16.8 Å². The zero-order chi connectivity index (χ0) is 28.4.